The highest BCUT2D eigenvalue weighted by Crippen LogP contribution is 2.28. The summed E-state index contributed by atoms with van der Waals surface area (Å²) in [5.41, 5.74) is 0.604. The van der Waals surface area contributed by atoms with Crippen molar-refractivity contribution >= 4 is 27.6 Å². The standard InChI is InChI=1S/C13H19BrN2O3/c1-4-19-12-7-10(14)5-6-11(12)15-13(18)16(3)9(2)8-17/h5-7,9,17H,4,8H2,1-3H3,(H,15,18)/t9-/m0/s1. The lowest BCUT2D eigenvalue weighted by Gasteiger charge is -2.24. The number of amides is 2. The number of hydrogen-bond acceptors (Lipinski definition) is 3. The van der Waals surface area contributed by atoms with Crippen molar-refractivity contribution in [3.63, 3.8) is 0 Å². The summed E-state index contributed by atoms with van der Waals surface area (Å²) >= 11 is 3.36. The number of aliphatic hydroxyl groups is 1. The SMILES string of the molecule is CCOc1cc(Br)ccc1NC(=O)N(C)[C@@H](C)CO. The Balaban J connectivity index is 2.84. The van der Waals surface area contributed by atoms with E-state index in [1.54, 1.807) is 26.1 Å². The molecule has 1 aromatic rings. The zero-order chi connectivity index (χ0) is 14.4. The summed E-state index contributed by atoms with van der Waals surface area (Å²) in [5, 5.41) is 11.8. The highest BCUT2D eigenvalue weighted by atomic mass is 79.9. The molecular weight excluding hydrogens is 312 g/mol. The van der Waals surface area contributed by atoms with Gasteiger partial charge in [0.2, 0.25) is 0 Å². The molecule has 0 unspecified atom stereocenters. The average molecular weight is 331 g/mol. The van der Waals surface area contributed by atoms with E-state index in [1.807, 2.05) is 13.0 Å². The van der Waals surface area contributed by atoms with E-state index in [9.17, 15) is 4.79 Å². The molecule has 1 rings (SSSR count). The fourth-order valence-electron chi connectivity index (χ4n) is 1.40. The van der Waals surface area contributed by atoms with Crippen LogP contribution in [0.15, 0.2) is 22.7 Å². The number of rotatable bonds is 5. The first-order valence-corrected chi connectivity index (χ1v) is 6.85. The van der Waals surface area contributed by atoms with Crippen molar-refractivity contribution in [2.24, 2.45) is 0 Å². The van der Waals surface area contributed by atoms with Crippen molar-refractivity contribution in [1.82, 2.24) is 4.90 Å². The summed E-state index contributed by atoms with van der Waals surface area (Å²) in [6.45, 7) is 4.09. The van der Waals surface area contributed by atoms with E-state index in [0.29, 0.717) is 18.0 Å². The van der Waals surface area contributed by atoms with Gasteiger partial charge in [0.05, 0.1) is 24.9 Å². The van der Waals surface area contributed by atoms with Crippen LogP contribution in [0.2, 0.25) is 0 Å². The Morgan fingerprint density at radius 1 is 1.58 bits per heavy atom. The maximum atomic E-state index is 12.0. The number of ether oxygens (including phenoxy) is 1. The predicted molar refractivity (Wildman–Crippen MR) is 78.6 cm³/mol. The van der Waals surface area contributed by atoms with Crippen LogP contribution >= 0.6 is 15.9 Å². The zero-order valence-corrected chi connectivity index (χ0v) is 12.9. The van der Waals surface area contributed by atoms with E-state index in [2.05, 4.69) is 21.2 Å². The fourth-order valence-corrected chi connectivity index (χ4v) is 1.74. The number of urea groups is 1. The summed E-state index contributed by atoms with van der Waals surface area (Å²) in [6.07, 6.45) is 0. The Kier molecular flexibility index (Phi) is 6.11. The quantitative estimate of drug-likeness (QED) is 0.872. The van der Waals surface area contributed by atoms with Crippen LogP contribution in [0, 0.1) is 0 Å². The number of hydrogen-bond donors (Lipinski definition) is 2. The van der Waals surface area contributed by atoms with Gasteiger partial charge in [0.25, 0.3) is 0 Å². The van der Waals surface area contributed by atoms with Crippen molar-refractivity contribution in [2.75, 3.05) is 25.6 Å². The zero-order valence-electron chi connectivity index (χ0n) is 11.3. The number of likely N-dealkylation sites (N-methyl/N-ethyl adjacent to an activating group) is 1. The minimum atomic E-state index is -0.287. The molecule has 1 aromatic carbocycles. The van der Waals surface area contributed by atoms with Gasteiger partial charge in [-0.25, -0.2) is 4.79 Å². The summed E-state index contributed by atoms with van der Waals surface area (Å²) in [6, 6.07) is 4.86. The number of benzene rings is 1. The van der Waals surface area contributed by atoms with Gasteiger partial charge < -0.3 is 20.1 Å². The number of carbonyl (C=O) groups is 1. The number of nitrogens with zero attached hydrogens (tertiary/aromatic N) is 1. The van der Waals surface area contributed by atoms with Gasteiger partial charge in [0.1, 0.15) is 5.75 Å². The highest BCUT2D eigenvalue weighted by molar-refractivity contribution is 9.10. The first-order chi connectivity index (χ1) is 8.99. The van der Waals surface area contributed by atoms with E-state index in [-0.39, 0.29) is 18.7 Å². The van der Waals surface area contributed by atoms with Crippen molar-refractivity contribution in [1.29, 1.82) is 0 Å². The molecule has 0 bridgehead atoms. The summed E-state index contributed by atoms with van der Waals surface area (Å²) in [7, 11) is 1.63. The molecule has 0 aliphatic carbocycles. The van der Waals surface area contributed by atoms with Crippen LogP contribution in [0.5, 0.6) is 5.75 Å². The lowest BCUT2D eigenvalue weighted by molar-refractivity contribution is 0.166. The second kappa shape index (κ2) is 7.35. The maximum absolute atomic E-state index is 12.0. The summed E-state index contributed by atoms with van der Waals surface area (Å²) < 4.78 is 6.35. The van der Waals surface area contributed by atoms with E-state index in [1.165, 1.54) is 4.90 Å². The molecule has 19 heavy (non-hydrogen) atoms. The van der Waals surface area contributed by atoms with Gasteiger partial charge in [-0.3, -0.25) is 0 Å². The lowest BCUT2D eigenvalue weighted by atomic mass is 10.3. The minimum absolute atomic E-state index is 0.0808. The van der Waals surface area contributed by atoms with Crippen LogP contribution in [-0.2, 0) is 0 Å². The molecule has 2 amide bonds. The Labute approximate surface area is 121 Å². The fraction of sp³-hybridized carbons (Fsp3) is 0.462. The number of aliphatic hydroxyl groups excluding tert-OH is 1. The van der Waals surface area contributed by atoms with Gasteiger partial charge in [0, 0.05) is 11.5 Å². The second-order valence-electron chi connectivity index (χ2n) is 4.15. The molecule has 0 saturated carbocycles. The van der Waals surface area contributed by atoms with Crippen molar-refractivity contribution in [3.8, 4) is 5.75 Å². The van der Waals surface area contributed by atoms with Gasteiger partial charge in [-0.15, -0.1) is 0 Å². The predicted octanol–water partition coefficient (Wildman–Crippen LogP) is 2.69. The van der Waals surface area contributed by atoms with Gasteiger partial charge in [-0.05, 0) is 32.0 Å². The first-order valence-electron chi connectivity index (χ1n) is 6.06. The molecule has 0 aromatic heterocycles. The highest BCUT2D eigenvalue weighted by Gasteiger charge is 2.16. The molecule has 0 spiro atoms. The number of nitrogens with one attached hydrogen (secondary N) is 1. The molecule has 0 fully saturated rings. The number of carbonyl (C=O) groups excluding carboxylic acids is 1. The van der Waals surface area contributed by atoms with Gasteiger partial charge >= 0.3 is 6.03 Å². The number of halogens is 1. The van der Waals surface area contributed by atoms with Crippen LogP contribution in [0.3, 0.4) is 0 Å². The third-order valence-corrected chi connectivity index (χ3v) is 3.22. The van der Waals surface area contributed by atoms with Crippen LogP contribution in [0.1, 0.15) is 13.8 Å². The molecule has 1 atom stereocenters. The first kappa shape index (κ1) is 15.8. The molecule has 0 aliphatic rings. The lowest BCUT2D eigenvalue weighted by Crippen LogP contribution is -2.40. The van der Waals surface area contributed by atoms with Crippen molar-refractivity contribution in [2.45, 2.75) is 19.9 Å². The third kappa shape index (κ3) is 4.40. The Morgan fingerprint density at radius 2 is 2.26 bits per heavy atom. The monoisotopic (exact) mass is 330 g/mol. The Morgan fingerprint density at radius 3 is 2.84 bits per heavy atom. The van der Waals surface area contributed by atoms with Crippen molar-refractivity contribution in [3.05, 3.63) is 22.7 Å². The van der Waals surface area contributed by atoms with Crippen LogP contribution in [0.25, 0.3) is 0 Å². The molecule has 106 valence electrons. The van der Waals surface area contributed by atoms with E-state index in [4.69, 9.17) is 9.84 Å². The number of anilines is 1. The molecule has 0 saturated heterocycles. The third-order valence-electron chi connectivity index (χ3n) is 2.73. The normalized spacial score (nSPS) is 11.8. The largest absolute Gasteiger partial charge is 0.492 e. The second-order valence-corrected chi connectivity index (χ2v) is 5.06. The minimum Gasteiger partial charge on any atom is -0.492 e. The molecule has 6 heteroatoms. The van der Waals surface area contributed by atoms with E-state index >= 15 is 0 Å². The molecule has 2 N–H and O–H groups in total. The van der Waals surface area contributed by atoms with E-state index < -0.39 is 0 Å². The van der Waals surface area contributed by atoms with Gasteiger partial charge in [0.15, 0.2) is 0 Å². The summed E-state index contributed by atoms with van der Waals surface area (Å²) in [5.74, 6) is 0.607. The topological polar surface area (TPSA) is 61.8 Å². The molecular formula is C13H19BrN2O3. The Hall–Kier alpha value is -1.27. The summed E-state index contributed by atoms with van der Waals surface area (Å²) in [4.78, 5) is 13.4. The molecule has 0 heterocycles. The maximum Gasteiger partial charge on any atom is 0.322 e. The average Bonchev–Trinajstić information content (AvgIpc) is 2.40. The Bertz CT molecular complexity index is 440. The van der Waals surface area contributed by atoms with Crippen LogP contribution < -0.4 is 10.1 Å². The van der Waals surface area contributed by atoms with Gasteiger partial charge in [-0.2, -0.15) is 0 Å². The molecule has 0 aliphatic heterocycles. The van der Waals surface area contributed by atoms with E-state index in [0.717, 1.165) is 4.47 Å². The van der Waals surface area contributed by atoms with Crippen molar-refractivity contribution < 1.29 is 14.6 Å². The molecule has 5 nitrogen and oxygen atoms in total. The van der Waals surface area contributed by atoms with Crippen LogP contribution in [0.4, 0.5) is 10.5 Å². The van der Waals surface area contributed by atoms with Crippen LogP contribution in [-0.4, -0.2) is 42.3 Å². The van der Waals surface area contributed by atoms with Gasteiger partial charge in [-0.1, -0.05) is 15.9 Å². The smallest absolute Gasteiger partial charge is 0.322 e. The molecule has 0 radical (unpaired) electrons.